The van der Waals surface area contributed by atoms with Crippen LogP contribution in [0, 0.1) is 6.92 Å². The Hall–Kier alpha value is -1.03. The van der Waals surface area contributed by atoms with Crippen LogP contribution < -0.4 is 15.2 Å². The highest BCUT2D eigenvalue weighted by Gasteiger charge is 2.28. The molecule has 0 saturated carbocycles. The number of hydrogen-bond acceptors (Lipinski definition) is 3. The molecular weight excluding hydrogens is 211 g/mol. The summed E-state index contributed by atoms with van der Waals surface area (Å²) in [5.41, 5.74) is 7.01. The van der Waals surface area contributed by atoms with E-state index in [1.807, 2.05) is 6.92 Å². The molecule has 0 bridgehead atoms. The predicted molar refractivity (Wildman–Crippen MR) is 71.2 cm³/mol. The monoisotopic (exact) mass is 225 g/mol. The second kappa shape index (κ2) is 5.09. The van der Waals surface area contributed by atoms with E-state index in [2.05, 4.69) is 0 Å². The van der Waals surface area contributed by atoms with Gasteiger partial charge in [0.2, 0.25) is 0 Å². The summed E-state index contributed by atoms with van der Waals surface area (Å²) in [6.07, 6.45) is 0. The molecule has 6 heteroatoms. The van der Waals surface area contributed by atoms with E-state index in [1.54, 1.807) is 19.2 Å². The zero-order chi connectivity index (χ0) is 13.2. The van der Waals surface area contributed by atoms with Crippen molar-refractivity contribution in [3.05, 3.63) is 23.3 Å². The topological polar surface area (TPSA) is 44.5 Å². The van der Waals surface area contributed by atoms with E-state index < -0.39 is 11.2 Å². The minimum absolute atomic E-state index is 0.512. The van der Waals surface area contributed by atoms with Gasteiger partial charge in [-0.3, -0.25) is 0 Å². The normalized spacial score (nSPS) is 13.2. The van der Waals surface area contributed by atoms with Gasteiger partial charge in [-0.2, -0.15) is 0 Å². The van der Waals surface area contributed by atoms with Gasteiger partial charge in [-0.05, 0) is 36.1 Å². The maximum atomic E-state index is 5.92. The molecule has 0 saturated heterocycles. The van der Waals surface area contributed by atoms with E-state index in [0.29, 0.717) is 17.1 Å². The molecule has 2 N–H and O–H groups in total. The molecule has 0 spiro atoms. The number of hydrogen-bond donors (Lipinski definition) is 1. The standard InChI is InChI=1S/C11H14B3NO2/c1-6-4-9(17-3)7(5-8(6)16-2)11(13,14)10(12)15/h4-5,10H,15H2,1-3H3. The van der Waals surface area contributed by atoms with Gasteiger partial charge in [-0.25, -0.2) is 0 Å². The lowest BCUT2D eigenvalue weighted by molar-refractivity contribution is 0.394. The molecule has 0 aromatic heterocycles. The first kappa shape index (κ1) is 14.0. The maximum absolute atomic E-state index is 5.92. The number of methoxy groups -OCH3 is 2. The van der Waals surface area contributed by atoms with E-state index in [1.165, 1.54) is 7.11 Å². The number of aryl methyl sites for hydroxylation is 1. The molecule has 1 atom stereocenters. The Morgan fingerprint density at radius 3 is 2.12 bits per heavy atom. The fraction of sp³-hybridized carbons (Fsp3) is 0.455. The van der Waals surface area contributed by atoms with Gasteiger partial charge in [0.25, 0.3) is 0 Å². The van der Waals surface area contributed by atoms with Crippen LogP contribution in [0.3, 0.4) is 0 Å². The van der Waals surface area contributed by atoms with Gasteiger partial charge in [-0.1, -0.05) is 5.21 Å². The quantitative estimate of drug-likeness (QED) is 0.730. The first-order valence-corrected chi connectivity index (χ1v) is 5.16. The highest BCUT2D eigenvalue weighted by molar-refractivity contribution is 6.44. The highest BCUT2D eigenvalue weighted by atomic mass is 16.5. The van der Waals surface area contributed by atoms with E-state index in [-0.39, 0.29) is 0 Å². The second-order valence-corrected chi connectivity index (χ2v) is 3.98. The Labute approximate surface area is 106 Å². The van der Waals surface area contributed by atoms with Crippen LogP contribution in [0.1, 0.15) is 11.1 Å². The number of benzene rings is 1. The van der Waals surface area contributed by atoms with Crippen molar-refractivity contribution in [2.45, 2.75) is 18.1 Å². The molecule has 84 valence electrons. The van der Waals surface area contributed by atoms with Crippen molar-refractivity contribution in [2.24, 2.45) is 5.73 Å². The average Bonchev–Trinajstić information content (AvgIpc) is 2.27. The van der Waals surface area contributed by atoms with E-state index in [0.717, 1.165) is 5.56 Å². The van der Waals surface area contributed by atoms with Crippen molar-refractivity contribution in [3.8, 4) is 11.5 Å². The van der Waals surface area contributed by atoms with Gasteiger partial charge in [0, 0.05) is 0 Å². The highest BCUT2D eigenvalue weighted by Crippen LogP contribution is 2.34. The van der Waals surface area contributed by atoms with Crippen molar-refractivity contribution in [1.82, 2.24) is 0 Å². The Morgan fingerprint density at radius 2 is 1.71 bits per heavy atom. The van der Waals surface area contributed by atoms with Crippen molar-refractivity contribution in [1.29, 1.82) is 0 Å². The Balaban J connectivity index is 3.40. The molecular formula is C11H14B3NO2. The number of nitrogens with two attached hydrogens (primary N) is 1. The summed E-state index contributed by atoms with van der Waals surface area (Å²) < 4.78 is 10.4. The van der Waals surface area contributed by atoms with Crippen LogP contribution in [0.5, 0.6) is 11.5 Å². The molecule has 0 aliphatic heterocycles. The maximum Gasteiger partial charge on any atom is 0.122 e. The van der Waals surface area contributed by atoms with Gasteiger partial charge in [0.15, 0.2) is 0 Å². The largest absolute Gasteiger partial charge is 0.496 e. The molecule has 0 amide bonds. The lowest BCUT2D eigenvalue weighted by Crippen LogP contribution is -2.47. The fourth-order valence-electron chi connectivity index (χ4n) is 1.57. The molecule has 0 aliphatic carbocycles. The third-order valence-electron chi connectivity index (χ3n) is 2.74. The van der Waals surface area contributed by atoms with Crippen LogP contribution in [-0.4, -0.2) is 43.7 Å². The van der Waals surface area contributed by atoms with Crippen molar-refractivity contribution in [2.75, 3.05) is 14.2 Å². The van der Waals surface area contributed by atoms with Gasteiger partial charge in [-0.15, -0.1) is 0 Å². The summed E-state index contributed by atoms with van der Waals surface area (Å²) in [5.74, 6) is 0.278. The molecule has 0 heterocycles. The molecule has 1 unspecified atom stereocenters. The van der Waals surface area contributed by atoms with Crippen molar-refractivity contribution >= 4 is 23.5 Å². The summed E-state index contributed by atoms with van der Waals surface area (Å²) in [5, 5.41) is -1.38. The van der Waals surface area contributed by atoms with Crippen molar-refractivity contribution < 1.29 is 9.47 Å². The average molecular weight is 225 g/mol. The van der Waals surface area contributed by atoms with Crippen LogP contribution in [0.15, 0.2) is 12.1 Å². The van der Waals surface area contributed by atoms with Crippen LogP contribution in [0.25, 0.3) is 0 Å². The minimum Gasteiger partial charge on any atom is -0.496 e. The first-order valence-electron chi connectivity index (χ1n) is 5.16. The van der Waals surface area contributed by atoms with Gasteiger partial charge in [0.05, 0.1) is 37.8 Å². The van der Waals surface area contributed by atoms with Crippen LogP contribution in [0.2, 0.25) is 0 Å². The van der Waals surface area contributed by atoms with E-state index in [4.69, 9.17) is 38.7 Å². The third-order valence-corrected chi connectivity index (χ3v) is 2.74. The van der Waals surface area contributed by atoms with Gasteiger partial charge in [0.1, 0.15) is 11.5 Å². The zero-order valence-electron chi connectivity index (χ0n) is 10.4. The number of ether oxygens (including phenoxy) is 2. The van der Waals surface area contributed by atoms with Crippen LogP contribution >= 0.6 is 0 Å². The molecule has 3 nitrogen and oxygen atoms in total. The Bertz CT molecular complexity index is 408. The summed E-state index contributed by atoms with van der Waals surface area (Å²) in [6.45, 7) is 1.89. The van der Waals surface area contributed by atoms with Crippen LogP contribution in [-0.2, 0) is 5.21 Å². The summed E-state index contributed by atoms with van der Waals surface area (Å²) in [4.78, 5) is 0. The number of rotatable bonds is 4. The zero-order valence-corrected chi connectivity index (χ0v) is 10.4. The van der Waals surface area contributed by atoms with Crippen molar-refractivity contribution in [3.63, 3.8) is 0 Å². The molecule has 0 aliphatic rings. The molecule has 1 aromatic rings. The fourth-order valence-corrected chi connectivity index (χ4v) is 1.57. The Morgan fingerprint density at radius 1 is 1.18 bits per heavy atom. The van der Waals surface area contributed by atoms with Crippen LogP contribution in [0.4, 0.5) is 0 Å². The smallest absolute Gasteiger partial charge is 0.122 e. The van der Waals surface area contributed by atoms with E-state index >= 15 is 0 Å². The Kier molecular flexibility index (Phi) is 4.20. The molecule has 0 fully saturated rings. The summed E-state index contributed by atoms with van der Waals surface area (Å²) in [7, 11) is 20.5. The SMILES string of the molecule is [B]C(N)C([B])([B])c1cc(OC)c(C)cc1OC. The minimum atomic E-state index is -1.38. The lowest BCUT2D eigenvalue weighted by atomic mass is 9.44. The van der Waals surface area contributed by atoms with Gasteiger partial charge >= 0.3 is 0 Å². The summed E-state index contributed by atoms with van der Waals surface area (Å²) in [6, 6.07) is 3.48. The first-order chi connectivity index (χ1) is 7.84. The van der Waals surface area contributed by atoms with E-state index in [9.17, 15) is 0 Å². The molecule has 6 radical (unpaired) electrons. The summed E-state index contributed by atoms with van der Waals surface area (Å²) >= 11 is 0. The van der Waals surface area contributed by atoms with Gasteiger partial charge < -0.3 is 15.2 Å². The second-order valence-electron chi connectivity index (χ2n) is 3.98. The molecule has 17 heavy (non-hydrogen) atoms. The molecule has 1 aromatic carbocycles. The predicted octanol–water partition coefficient (Wildman–Crippen LogP) is -0.0447. The lowest BCUT2D eigenvalue weighted by Gasteiger charge is -2.33. The third kappa shape index (κ3) is 2.63. The molecule has 1 rings (SSSR count).